The van der Waals surface area contributed by atoms with Crippen molar-refractivity contribution in [2.24, 2.45) is 0 Å². The molecule has 1 atom stereocenters. The lowest BCUT2D eigenvalue weighted by Gasteiger charge is -2.32. The molecule has 0 radical (unpaired) electrons. The zero-order chi connectivity index (χ0) is 14.3. The van der Waals surface area contributed by atoms with Crippen LogP contribution in [0.15, 0.2) is 0 Å². The minimum absolute atomic E-state index is 0.180. The van der Waals surface area contributed by atoms with E-state index in [2.05, 4.69) is 10.6 Å². The van der Waals surface area contributed by atoms with Crippen LogP contribution in [0.5, 0.6) is 0 Å². The molecule has 0 aromatic rings. The molecule has 6 heteroatoms. The van der Waals surface area contributed by atoms with Crippen LogP contribution in [0.1, 0.15) is 33.6 Å². The van der Waals surface area contributed by atoms with Gasteiger partial charge in [0.2, 0.25) is 0 Å². The first-order chi connectivity index (χ1) is 8.20. The number of nitrogens with one attached hydrogen (secondary N) is 2. The predicted molar refractivity (Wildman–Crippen MR) is 70.6 cm³/mol. The number of urea groups is 1. The van der Waals surface area contributed by atoms with Crippen LogP contribution in [0, 0.1) is 0 Å². The zero-order valence-corrected chi connectivity index (χ0v) is 11.9. The fourth-order valence-corrected chi connectivity index (χ4v) is 1.21. The van der Waals surface area contributed by atoms with Crippen LogP contribution in [0.2, 0.25) is 0 Å². The molecular formula is C12H25N3O3. The number of likely N-dealkylation sites (N-methyl/N-ethyl adjacent to an activating group) is 1. The Hall–Kier alpha value is -1.30. The number of nitrogens with zero attached hydrogens (tertiary/aromatic N) is 1. The molecule has 2 amide bonds. The standard InChI is InChI=1S/C12H25N3O3/c1-6-7-9(10(16)17)14-11(18)13-8-12(2,3)15(4)5/h9H,6-8H2,1-5H3,(H,16,17)(H2,13,14,18). The number of aliphatic carboxylic acids is 1. The van der Waals surface area contributed by atoms with E-state index < -0.39 is 18.0 Å². The fraction of sp³-hybridized carbons (Fsp3) is 0.833. The second-order valence-corrected chi connectivity index (χ2v) is 5.21. The molecule has 0 saturated carbocycles. The summed E-state index contributed by atoms with van der Waals surface area (Å²) >= 11 is 0. The van der Waals surface area contributed by atoms with Crippen LogP contribution >= 0.6 is 0 Å². The highest BCUT2D eigenvalue weighted by molar-refractivity contribution is 5.82. The van der Waals surface area contributed by atoms with Crippen LogP contribution in [0.25, 0.3) is 0 Å². The van der Waals surface area contributed by atoms with Crippen LogP contribution < -0.4 is 10.6 Å². The normalized spacial score (nSPS) is 13.2. The maximum atomic E-state index is 11.6. The van der Waals surface area contributed by atoms with E-state index in [1.54, 1.807) is 0 Å². The third-order valence-corrected chi connectivity index (χ3v) is 3.07. The van der Waals surface area contributed by atoms with Gasteiger partial charge in [-0.2, -0.15) is 0 Å². The van der Waals surface area contributed by atoms with E-state index in [4.69, 9.17) is 5.11 Å². The van der Waals surface area contributed by atoms with E-state index in [1.807, 2.05) is 39.8 Å². The number of carboxylic acids is 1. The number of amides is 2. The fourth-order valence-electron chi connectivity index (χ4n) is 1.21. The smallest absolute Gasteiger partial charge is 0.326 e. The number of hydrogen-bond donors (Lipinski definition) is 3. The maximum absolute atomic E-state index is 11.6. The van der Waals surface area contributed by atoms with Gasteiger partial charge < -0.3 is 20.6 Å². The van der Waals surface area contributed by atoms with Gasteiger partial charge in [0, 0.05) is 12.1 Å². The first kappa shape index (κ1) is 16.7. The first-order valence-corrected chi connectivity index (χ1v) is 6.15. The summed E-state index contributed by atoms with van der Waals surface area (Å²) in [4.78, 5) is 24.5. The topological polar surface area (TPSA) is 81.7 Å². The lowest BCUT2D eigenvalue weighted by molar-refractivity contribution is -0.139. The van der Waals surface area contributed by atoms with Gasteiger partial charge in [-0.25, -0.2) is 9.59 Å². The molecule has 0 bridgehead atoms. The van der Waals surface area contributed by atoms with E-state index >= 15 is 0 Å². The molecule has 0 aliphatic rings. The minimum atomic E-state index is -1.00. The van der Waals surface area contributed by atoms with Gasteiger partial charge in [-0.1, -0.05) is 13.3 Å². The number of carbonyl (C=O) groups excluding carboxylic acids is 1. The molecule has 0 saturated heterocycles. The molecule has 0 heterocycles. The van der Waals surface area contributed by atoms with Gasteiger partial charge in [0.15, 0.2) is 0 Å². The second kappa shape index (κ2) is 7.20. The summed E-state index contributed by atoms with van der Waals surface area (Å²) in [6, 6.07) is -1.26. The van der Waals surface area contributed by atoms with Crippen molar-refractivity contribution in [1.29, 1.82) is 0 Å². The van der Waals surface area contributed by atoms with E-state index in [0.29, 0.717) is 19.4 Å². The monoisotopic (exact) mass is 259 g/mol. The van der Waals surface area contributed by atoms with Gasteiger partial charge in [-0.05, 0) is 34.4 Å². The second-order valence-electron chi connectivity index (χ2n) is 5.21. The van der Waals surface area contributed by atoms with Gasteiger partial charge in [0.05, 0.1) is 0 Å². The summed E-state index contributed by atoms with van der Waals surface area (Å²) in [5, 5.41) is 14.1. The van der Waals surface area contributed by atoms with Crippen LogP contribution in [0.4, 0.5) is 4.79 Å². The third kappa shape index (κ3) is 5.86. The minimum Gasteiger partial charge on any atom is -0.480 e. The van der Waals surface area contributed by atoms with Crippen molar-refractivity contribution in [3.8, 4) is 0 Å². The van der Waals surface area contributed by atoms with E-state index in [9.17, 15) is 9.59 Å². The van der Waals surface area contributed by atoms with Gasteiger partial charge in [0.1, 0.15) is 6.04 Å². The molecule has 0 spiro atoms. The van der Waals surface area contributed by atoms with Crippen molar-refractivity contribution in [1.82, 2.24) is 15.5 Å². The summed E-state index contributed by atoms with van der Waals surface area (Å²) in [6.45, 7) is 6.32. The van der Waals surface area contributed by atoms with Gasteiger partial charge in [-0.15, -0.1) is 0 Å². The highest BCUT2D eigenvalue weighted by Crippen LogP contribution is 2.07. The summed E-state index contributed by atoms with van der Waals surface area (Å²) in [7, 11) is 3.85. The largest absolute Gasteiger partial charge is 0.480 e. The summed E-state index contributed by atoms with van der Waals surface area (Å²) in [6.07, 6.45) is 1.14. The lowest BCUT2D eigenvalue weighted by atomic mass is 10.0. The Morgan fingerprint density at radius 3 is 2.28 bits per heavy atom. The molecule has 3 N–H and O–H groups in total. The average molecular weight is 259 g/mol. The molecule has 1 unspecified atom stereocenters. The highest BCUT2D eigenvalue weighted by Gasteiger charge is 2.23. The molecule has 0 aromatic carbocycles. The Morgan fingerprint density at radius 1 is 1.33 bits per heavy atom. The summed E-state index contributed by atoms with van der Waals surface area (Å²) < 4.78 is 0. The van der Waals surface area contributed by atoms with E-state index in [1.165, 1.54) is 0 Å². The Labute approximate surface area is 109 Å². The molecule has 0 aliphatic carbocycles. The molecular weight excluding hydrogens is 234 g/mol. The quantitative estimate of drug-likeness (QED) is 0.634. The molecule has 0 aromatic heterocycles. The third-order valence-electron chi connectivity index (χ3n) is 3.07. The van der Waals surface area contributed by atoms with Crippen LogP contribution in [-0.2, 0) is 4.79 Å². The Balaban J connectivity index is 4.22. The van der Waals surface area contributed by atoms with E-state index in [0.717, 1.165) is 0 Å². The maximum Gasteiger partial charge on any atom is 0.326 e. The first-order valence-electron chi connectivity index (χ1n) is 6.15. The summed E-state index contributed by atoms with van der Waals surface area (Å²) in [5.74, 6) is -1.00. The molecule has 106 valence electrons. The van der Waals surface area contributed by atoms with Crippen molar-refractivity contribution in [2.75, 3.05) is 20.6 Å². The summed E-state index contributed by atoms with van der Waals surface area (Å²) in [5.41, 5.74) is -0.180. The van der Waals surface area contributed by atoms with Gasteiger partial charge in [0.25, 0.3) is 0 Å². The molecule has 0 fully saturated rings. The van der Waals surface area contributed by atoms with E-state index in [-0.39, 0.29) is 5.54 Å². The van der Waals surface area contributed by atoms with Crippen LogP contribution in [0.3, 0.4) is 0 Å². The zero-order valence-electron chi connectivity index (χ0n) is 11.9. The lowest BCUT2D eigenvalue weighted by Crippen LogP contribution is -2.52. The van der Waals surface area contributed by atoms with Crippen molar-refractivity contribution in [2.45, 2.75) is 45.2 Å². The van der Waals surface area contributed by atoms with Crippen molar-refractivity contribution < 1.29 is 14.7 Å². The average Bonchev–Trinajstić information content (AvgIpc) is 2.25. The molecule has 0 rings (SSSR count). The number of carboxylic acid groups (broad SMARTS) is 1. The Kier molecular flexibility index (Phi) is 6.68. The Morgan fingerprint density at radius 2 is 1.89 bits per heavy atom. The molecule has 6 nitrogen and oxygen atoms in total. The SMILES string of the molecule is CCCC(NC(=O)NCC(C)(C)N(C)C)C(=O)O. The predicted octanol–water partition coefficient (Wildman–Crippen LogP) is 0.879. The van der Waals surface area contributed by atoms with Crippen LogP contribution in [-0.4, -0.2) is 54.2 Å². The molecule has 18 heavy (non-hydrogen) atoms. The number of hydrogen-bond acceptors (Lipinski definition) is 3. The number of rotatable bonds is 7. The van der Waals surface area contributed by atoms with Gasteiger partial charge in [-0.3, -0.25) is 0 Å². The van der Waals surface area contributed by atoms with Gasteiger partial charge >= 0.3 is 12.0 Å². The van der Waals surface area contributed by atoms with Crippen molar-refractivity contribution >= 4 is 12.0 Å². The van der Waals surface area contributed by atoms with Crippen molar-refractivity contribution in [3.05, 3.63) is 0 Å². The molecule has 0 aliphatic heterocycles. The highest BCUT2D eigenvalue weighted by atomic mass is 16.4. The number of carbonyl (C=O) groups is 2. The van der Waals surface area contributed by atoms with Crippen molar-refractivity contribution in [3.63, 3.8) is 0 Å². The Bertz CT molecular complexity index is 290.